The summed E-state index contributed by atoms with van der Waals surface area (Å²) in [4.78, 5) is 25.5. The van der Waals surface area contributed by atoms with Gasteiger partial charge in [0.1, 0.15) is 0 Å². The van der Waals surface area contributed by atoms with Crippen molar-refractivity contribution in [1.82, 2.24) is 5.32 Å². The van der Waals surface area contributed by atoms with E-state index in [2.05, 4.69) is 10.6 Å². The van der Waals surface area contributed by atoms with Crippen molar-refractivity contribution in [2.75, 3.05) is 36.5 Å². The molecule has 0 bridgehead atoms. The largest absolute Gasteiger partial charge is 0.375 e. The molecule has 2 N–H and O–H groups in total. The summed E-state index contributed by atoms with van der Waals surface area (Å²) in [5.41, 5.74) is 1.63. The number of benzene rings is 1. The summed E-state index contributed by atoms with van der Waals surface area (Å²) in [5.74, 6) is 0.109. The van der Waals surface area contributed by atoms with Gasteiger partial charge < -0.3 is 20.3 Å². The van der Waals surface area contributed by atoms with Crippen LogP contribution in [0.2, 0.25) is 0 Å². The van der Waals surface area contributed by atoms with E-state index in [0.717, 1.165) is 30.9 Å². The minimum absolute atomic E-state index is 0. The lowest BCUT2D eigenvalue weighted by Gasteiger charge is -2.23. The van der Waals surface area contributed by atoms with Crippen LogP contribution < -0.4 is 15.5 Å². The molecule has 2 fully saturated rings. The summed E-state index contributed by atoms with van der Waals surface area (Å²) in [7, 11) is 0. The number of nitrogens with zero attached hydrogens (tertiary/aromatic N) is 1. The Hall–Kier alpha value is -1.63. The highest BCUT2D eigenvalue weighted by molar-refractivity contribution is 5.96. The molecule has 2 saturated heterocycles. The normalized spacial score (nSPS) is 21.0. The quantitative estimate of drug-likeness (QED) is 0.873. The Morgan fingerprint density at radius 2 is 2.13 bits per heavy atom. The molecule has 23 heavy (non-hydrogen) atoms. The van der Waals surface area contributed by atoms with Gasteiger partial charge in [-0.3, -0.25) is 9.59 Å². The van der Waals surface area contributed by atoms with Gasteiger partial charge in [0.25, 0.3) is 0 Å². The lowest BCUT2D eigenvalue weighted by molar-refractivity contribution is -0.119. The minimum atomic E-state index is -0.0600. The molecule has 7 heteroatoms. The predicted molar refractivity (Wildman–Crippen MR) is 91.1 cm³/mol. The highest BCUT2D eigenvalue weighted by Gasteiger charge is 2.21. The van der Waals surface area contributed by atoms with E-state index < -0.39 is 0 Å². The second-order valence-corrected chi connectivity index (χ2v) is 5.65. The Labute approximate surface area is 142 Å². The Kier molecular flexibility index (Phi) is 6.38. The van der Waals surface area contributed by atoms with Crippen molar-refractivity contribution in [1.29, 1.82) is 0 Å². The molecule has 1 atom stereocenters. The molecule has 1 aromatic carbocycles. The van der Waals surface area contributed by atoms with E-state index in [9.17, 15) is 9.59 Å². The molecule has 0 radical (unpaired) electrons. The van der Waals surface area contributed by atoms with Gasteiger partial charge in [0.15, 0.2) is 0 Å². The first kappa shape index (κ1) is 17.7. The molecule has 126 valence electrons. The van der Waals surface area contributed by atoms with E-state index in [4.69, 9.17) is 4.74 Å². The van der Waals surface area contributed by atoms with Crippen molar-refractivity contribution < 1.29 is 14.3 Å². The van der Waals surface area contributed by atoms with Crippen LogP contribution >= 0.6 is 12.4 Å². The number of carbonyl (C=O) groups is 2. The van der Waals surface area contributed by atoms with Crippen molar-refractivity contribution in [2.24, 2.45) is 0 Å². The topological polar surface area (TPSA) is 70.7 Å². The smallest absolute Gasteiger partial charge is 0.227 e. The van der Waals surface area contributed by atoms with Crippen LogP contribution in [0.3, 0.4) is 0 Å². The van der Waals surface area contributed by atoms with Gasteiger partial charge in [-0.05, 0) is 30.7 Å². The fourth-order valence-electron chi connectivity index (χ4n) is 2.82. The molecule has 6 nitrogen and oxygen atoms in total. The van der Waals surface area contributed by atoms with Crippen LogP contribution in [-0.4, -0.2) is 44.2 Å². The van der Waals surface area contributed by atoms with Crippen LogP contribution in [0.5, 0.6) is 0 Å². The maximum atomic E-state index is 12.0. The van der Waals surface area contributed by atoms with Crippen molar-refractivity contribution >= 4 is 35.6 Å². The highest BCUT2D eigenvalue weighted by atomic mass is 35.5. The van der Waals surface area contributed by atoms with Crippen LogP contribution in [0, 0.1) is 0 Å². The summed E-state index contributed by atoms with van der Waals surface area (Å²) in [6.45, 7) is 2.98. The van der Waals surface area contributed by atoms with E-state index in [-0.39, 0.29) is 30.3 Å². The first-order valence-corrected chi connectivity index (χ1v) is 7.75. The van der Waals surface area contributed by atoms with E-state index in [1.807, 2.05) is 24.3 Å². The number of anilines is 2. The molecule has 3 rings (SSSR count). The summed E-state index contributed by atoms with van der Waals surface area (Å²) < 4.78 is 5.52. The van der Waals surface area contributed by atoms with E-state index >= 15 is 0 Å². The Bertz CT molecular complexity index is 544. The number of amides is 2. The zero-order valence-corrected chi connectivity index (χ0v) is 13.7. The average molecular weight is 340 g/mol. The molecule has 0 aromatic heterocycles. The number of carbonyl (C=O) groups excluding carboxylic acids is 2. The molecule has 0 saturated carbocycles. The van der Waals surface area contributed by atoms with Gasteiger partial charge in [0.2, 0.25) is 11.8 Å². The van der Waals surface area contributed by atoms with Gasteiger partial charge in [-0.2, -0.15) is 0 Å². The second kappa shape index (κ2) is 8.29. The second-order valence-electron chi connectivity index (χ2n) is 5.65. The third kappa shape index (κ3) is 4.67. The van der Waals surface area contributed by atoms with Gasteiger partial charge in [-0.25, -0.2) is 0 Å². The van der Waals surface area contributed by atoms with Crippen molar-refractivity contribution in [3.8, 4) is 0 Å². The zero-order valence-electron chi connectivity index (χ0n) is 12.9. The predicted octanol–water partition coefficient (Wildman–Crippen LogP) is 1.55. The summed E-state index contributed by atoms with van der Waals surface area (Å²) in [6, 6.07) is 7.41. The highest BCUT2D eigenvalue weighted by Crippen LogP contribution is 2.23. The number of nitrogens with one attached hydrogen (secondary N) is 2. The van der Waals surface area contributed by atoms with Gasteiger partial charge in [0, 0.05) is 37.4 Å². The molecule has 2 aliphatic heterocycles. The third-order valence-electron chi connectivity index (χ3n) is 3.95. The van der Waals surface area contributed by atoms with Crippen LogP contribution in [-0.2, 0) is 14.3 Å². The molecule has 0 spiro atoms. The third-order valence-corrected chi connectivity index (χ3v) is 3.95. The summed E-state index contributed by atoms with van der Waals surface area (Å²) >= 11 is 0. The molecular weight excluding hydrogens is 318 g/mol. The van der Waals surface area contributed by atoms with E-state index in [1.54, 1.807) is 4.90 Å². The maximum Gasteiger partial charge on any atom is 0.227 e. The SMILES string of the molecule is Cl.O=C(CC1CNCCO1)Nc1ccc(N2CCCC2=O)cc1. The lowest BCUT2D eigenvalue weighted by Crippen LogP contribution is -2.40. The van der Waals surface area contributed by atoms with E-state index in [0.29, 0.717) is 26.0 Å². The monoisotopic (exact) mass is 339 g/mol. The van der Waals surface area contributed by atoms with Gasteiger partial charge in [-0.15, -0.1) is 12.4 Å². The number of hydrogen-bond donors (Lipinski definition) is 2. The van der Waals surface area contributed by atoms with Crippen molar-refractivity contribution in [3.05, 3.63) is 24.3 Å². The first-order chi connectivity index (χ1) is 10.7. The van der Waals surface area contributed by atoms with Gasteiger partial charge in [0.05, 0.1) is 19.1 Å². The minimum Gasteiger partial charge on any atom is -0.375 e. The number of halogens is 1. The average Bonchev–Trinajstić information content (AvgIpc) is 2.95. The van der Waals surface area contributed by atoms with E-state index in [1.165, 1.54) is 0 Å². The molecule has 2 aliphatic rings. The molecule has 0 aliphatic carbocycles. The Balaban J connectivity index is 0.00000192. The van der Waals surface area contributed by atoms with Crippen LogP contribution in [0.25, 0.3) is 0 Å². The number of rotatable bonds is 4. The van der Waals surface area contributed by atoms with Crippen LogP contribution in [0.4, 0.5) is 11.4 Å². The zero-order chi connectivity index (χ0) is 15.4. The molecule has 2 heterocycles. The molecular formula is C16H22ClN3O3. The van der Waals surface area contributed by atoms with Gasteiger partial charge in [-0.1, -0.05) is 0 Å². The Morgan fingerprint density at radius 3 is 2.74 bits per heavy atom. The molecule has 1 aromatic rings. The van der Waals surface area contributed by atoms with Crippen molar-refractivity contribution in [3.63, 3.8) is 0 Å². The number of morpholine rings is 1. The van der Waals surface area contributed by atoms with Gasteiger partial charge >= 0.3 is 0 Å². The Morgan fingerprint density at radius 1 is 1.35 bits per heavy atom. The maximum absolute atomic E-state index is 12.0. The van der Waals surface area contributed by atoms with Crippen LogP contribution in [0.1, 0.15) is 19.3 Å². The number of ether oxygens (including phenoxy) is 1. The summed E-state index contributed by atoms with van der Waals surface area (Å²) in [5, 5.41) is 6.07. The summed E-state index contributed by atoms with van der Waals surface area (Å²) in [6.07, 6.45) is 1.82. The van der Waals surface area contributed by atoms with Crippen molar-refractivity contribution in [2.45, 2.75) is 25.4 Å². The standard InChI is InChI=1S/C16H21N3O3.ClH/c20-15(10-14-11-17-7-9-22-14)18-12-3-5-13(6-4-12)19-8-1-2-16(19)21;/h3-6,14,17H,1-2,7-11H2,(H,18,20);1H. The fourth-order valence-corrected chi connectivity index (χ4v) is 2.82. The first-order valence-electron chi connectivity index (χ1n) is 7.75. The molecule has 1 unspecified atom stereocenters. The fraction of sp³-hybridized carbons (Fsp3) is 0.500. The lowest BCUT2D eigenvalue weighted by atomic mass is 10.2. The molecule has 2 amide bonds. The van der Waals surface area contributed by atoms with Crippen LogP contribution in [0.15, 0.2) is 24.3 Å². The number of hydrogen-bond acceptors (Lipinski definition) is 4.